The molecule has 1 heterocycles. The van der Waals surface area contributed by atoms with Crippen LogP contribution in [-0.2, 0) is 0 Å². The Labute approximate surface area is 383 Å². The van der Waals surface area contributed by atoms with Crippen molar-refractivity contribution in [1.82, 2.24) is 4.57 Å². The molecular formula is C64H42N2. The van der Waals surface area contributed by atoms with Crippen molar-refractivity contribution >= 4 is 82.0 Å². The standard InChI is InChI=1S/C64H42N2/c1-3-19-46(20-4-1)62-57-28-12-11-26-54(57)55-40-39-51(42-59(55)63(62)47-21-5-2-6-22-47)65(49-36-34-45(35-37-49)53-29-15-24-44-18-9-10-25-52(44)53)61-32-16-30-58-56-27-13-14-31-60(56)66(64(58)61)50-38-33-43-17-7-8-23-48(43)41-50/h1-42H. The second kappa shape index (κ2) is 15.5. The fraction of sp³-hybridized carbons (Fsp3) is 0. The summed E-state index contributed by atoms with van der Waals surface area (Å²) >= 11 is 0. The zero-order valence-electron chi connectivity index (χ0n) is 36.1. The van der Waals surface area contributed by atoms with E-state index < -0.39 is 0 Å². The fourth-order valence-electron chi connectivity index (χ4n) is 10.6. The summed E-state index contributed by atoms with van der Waals surface area (Å²) in [7, 11) is 0. The molecule has 0 aliphatic carbocycles. The van der Waals surface area contributed by atoms with Crippen molar-refractivity contribution in [2.45, 2.75) is 0 Å². The van der Waals surface area contributed by atoms with Crippen molar-refractivity contribution in [3.63, 3.8) is 0 Å². The molecule has 0 saturated carbocycles. The Morgan fingerprint density at radius 2 is 0.848 bits per heavy atom. The predicted molar refractivity (Wildman–Crippen MR) is 282 cm³/mol. The van der Waals surface area contributed by atoms with Gasteiger partial charge in [-0.1, -0.05) is 206 Å². The van der Waals surface area contributed by atoms with Crippen LogP contribution in [0.4, 0.5) is 17.1 Å². The van der Waals surface area contributed by atoms with E-state index in [0.29, 0.717) is 0 Å². The molecule has 13 aromatic rings. The van der Waals surface area contributed by atoms with Gasteiger partial charge in [-0.2, -0.15) is 0 Å². The lowest BCUT2D eigenvalue weighted by molar-refractivity contribution is 1.17. The van der Waals surface area contributed by atoms with E-state index >= 15 is 0 Å². The van der Waals surface area contributed by atoms with E-state index in [2.05, 4.69) is 264 Å². The van der Waals surface area contributed by atoms with Gasteiger partial charge in [0, 0.05) is 27.8 Å². The third-order valence-electron chi connectivity index (χ3n) is 13.5. The summed E-state index contributed by atoms with van der Waals surface area (Å²) in [5.74, 6) is 0. The first-order valence-electron chi connectivity index (χ1n) is 22.8. The molecule has 0 N–H and O–H groups in total. The minimum absolute atomic E-state index is 1.08. The van der Waals surface area contributed by atoms with Gasteiger partial charge in [-0.3, -0.25) is 0 Å². The Balaban J connectivity index is 1.12. The number of para-hydroxylation sites is 2. The number of rotatable bonds is 7. The number of hydrogen-bond donors (Lipinski definition) is 0. The highest BCUT2D eigenvalue weighted by Crippen LogP contribution is 2.49. The van der Waals surface area contributed by atoms with Crippen LogP contribution >= 0.6 is 0 Å². The lowest BCUT2D eigenvalue weighted by atomic mass is 9.85. The molecule has 0 fully saturated rings. The summed E-state index contributed by atoms with van der Waals surface area (Å²) in [4.78, 5) is 2.48. The van der Waals surface area contributed by atoms with E-state index in [1.54, 1.807) is 0 Å². The fourth-order valence-corrected chi connectivity index (χ4v) is 10.6. The van der Waals surface area contributed by atoms with E-state index in [-0.39, 0.29) is 0 Å². The third kappa shape index (κ3) is 6.11. The number of aromatic nitrogens is 1. The Morgan fingerprint density at radius 3 is 1.62 bits per heavy atom. The molecule has 2 heteroatoms. The molecule has 1 aromatic heterocycles. The Kier molecular flexibility index (Phi) is 8.89. The summed E-state index contributed by atoms with van der Waals surface area (Å²) in [6.45, 7) is 0. The maximum absolute atomic E-state index is 2.48. The van der Waals surface area contributed by atoms with Gasteiger partial charge < -0.3 is 9.47 Å². The average molecular weight is 839 g/mol. The molecule has 2 nitrogen and oxygen atoms in total. The number of fused-ring (bicyclic) bond motifs is 8. The van der Waals surface area contributed by atoms with Gasteiger partial charge in [-0.15, -0.1) is 0 Å². The van der Waals surface area contributed by atoms with Crippen molar-refractivity contribution in [3.05, 3.63) is 255 Å². The highest BCUT2D eigenvalue weighted by molar-refractivity contribution is 6.22. The average Bonchev–Trinajstić information content (AvgIpc) is 3.74. The van der Waals surface area contributed by atoms with Crippen LogP contribution in [0.2, 0.25) is 0 Å². The Hall–Kier alpha value is -8.72. The molecule has 0 unspecified atom stereocenters. The molecule has 13 rings (SSSR count). The Bertz CT molecular complexity index is 3970. The zero-order valence-corrected chi connectivity index (χ0v) is 36.1. The van der Waals surface area contributed by atoms with E-state index in [1.165, 1.54) is 92.8 Å². The molecule has 0 aliphatic rings. The summed E-state index contributed by atoms with van der Waals surface area (Å²) in [6.07, 6.45) is 0. The monoisotopic (exact) mass is 838 g/mol. The molecule has 66 heavy (non-hydrogen) atoms. The number of hydrogen-bond acceptors (Lipinski definition) is 1. The van der Waals surface area contributed by atoms with Crippen LogP contribution in [0.3, 0.4) is 0 Å². The number of anilines is 3. The highest BCUT2D eigenvalue weighted by Gasteiger charge is 2.24. The lowest BCUT2D eigenvalue weighted by Gasteiger charge is -2.28. The molecule has 0 atom stereocenters. The van der Waals surface area contributed by atoms with Gasteiger partial charge >= 0.3 is 0 Å². The molecule has 0 saturated heterocycles. The van der Waals surface area contributed by atoms with E-state index in [1.807, 2.05) is 0 Å². The summed E-state index contributed by atoms with van der Waals surface area (Å²) in [5.41, 5.74) is 14.0. The lowest BCUT2D eigenvalue weighted by Crippen LogP contribution is -2.12. The van der Waals surface area contributed by atoms with Crippen LogP contribution in [0, 0.1) is 0 Å². The van der Waals surface area contributed by atoms with E-state index in [4.69, 9.17) is 0 Å². The smallest absolute Gasteiger partial charge is 0.0782 e. The SMILES string of the molecule is c1ccc(-c2c(-c3ccccc3)c3cc(N(c4ccc(-c5cccc6ccccc56)cc4)c4cccc5c6ccccc6n(-c6ccc7ccccc7c6)c45)ccc3c3ccccc23)cc1. The molecular weight excluding hydrogens is 797 g/mol. The first-order chi connectivity index (χ1) is 32.8. The van der Waals surface area contributed by atoms with Gasteiger partial charge in [-0.05, 0) is 125 Å². The largest absolute Gasteiger partial charge is 0.308 e. The minimum Gasteiger partial charge on any atom is -0.308 e. The normalized spacial score (nSPS) is 11.6. The molecule has 0 bridgehead atoms. The quantitative estimate of drug-likeness (QED) is 0.145. The van der Waals surface area contributed by atoms with Gasteiger partial charge in [0.25, 0.3) is 0 Å². The maximum atomic E-state index is 2.48. The van der Waals surface area contributed by atoms with Crippen LogP contribution in [0.15, 0.2) is 255 Å². The van der Waals surface area contributed by atoms with Gasteiger partial charge in [-0.25, -0.2) is 0 Å². The van der Waals surface area contributed by atoms with Crippen molar-refractivity contribution in [2.24, 2.45) is 0 Å². The van der Waals surface area contributed by atoms with Gasteiger partial charge in [0.2, 0.25) is 0 Å². The minimum atomic E-state index is 1.08. The van der Waals surface area contributed by atoms with Crippen molar-refractivity contribution in [3.8, 4) is 39.1 Å². The van der Waals surface area contributed by atoms with Crippen LogP contribution in [0.25, 0.3) is 104 Å². The maximum Gasteiger partial charge on any atom is 0.0782 e. The predicted octanol–water partition coefficient (Wildman–Crippen LogP) is 17.9. The first-order valence-corrected chi connectivity index (χ1v) is 22.8. The van der Waals surface area contributed by atoms with E-state index in [0.717, 1.165) is 28.3 Å². The van der Waals surface area contributed by atoms with Crippen molar-refractivity contribution in [1.29, 1.82) is 0 Å². The summed E-state index contributed by atoms with van der Waals surface area (Å²) < 4.78 is 2.47. The second-order valence-electron chi connectivity index (χ2n) is 17.2. The van der Waals surface area contributed by atoms with Crippen molar-refractivity contribution < 1.29 is 0 Å². The molecule has 0 amide bonds. The number of nitrogens with zero attached hydrogens (tertiary/aromatic N) is 2. The van der Waals surface area contributed by atoms with E-state index in [9.17, 15) is 0 Å². The number of benzene rings is 12. The van der Waals surface area contributed by atoms with Crippen LogP contribution < -0.4 is 4.90 Å². The van der Waals surface area contributed by atoms with Crippen LogP contribution in [-0.4, -0.2) is 4.57 Å². The molecule has 0 spiro atoms. The second-order valence-corrected chi connectivity index (χ2v) is 17.2. The summed E-state index contributed by atoms with van der Waals surface area (Å²) in [6, 6.07) is 93.5. The third-order valence-corrected chi connectivity index (χ3v) is 13.5. The summed E-state index contributed by atoms with van der Waals surface area (Å²) in [5, 5.41) is 12.3. The molecule has 308 valence electrons. The Morgan fingerprint density at radius 1 is 0.288 bits per heavy atom. The highest BCUT2D eigenvalue weighted by atomic mass is 15.2. The van der Waals surface area contributed by atoms with Crippen LogP contribution in [0.1, 0.15) is 0 Å². The van der Waals surface area contributed by atoms with Gasteiger partial charge in [0.15, 0.2) is 0 Å². The molecule has 0 aliphatic heterocycles. The molecule has 0 radical (unpaired) electrons. The van der Waals surface area contributed by atoms with Crippen LogP contribution in [0.5, 0.6) is 0 Å². The van der Waals surface area contributed by atoms with Crippen molar-refractivity contribution in [2.75, 3.05) is 4.90 Å². The van der Waals surface area contributed by atoms with Gasteiger partial charge in [0.05, 0.1) is 16.7 Å². The molecule has 12 aromatic carbocycles. The zero-order chi connectivity index (χ0) is 43.6. The first kappa shape index (κ1) is 37.8. The topological polar surface area (TPSA) is 8.17 Å². The van der Waals surface area contributed by atoms with Gasteiger partial charge in [0.1, 0.15) is 0 Å².